The van der Waals surface area contributed by atoms with Gasteiger partial charge in [-0.25, -0.2) is 13.1 Å². The predicted molar refractivity (Wildman–Crippen MR) is 114 cm³/mol. The van der Waals surface area contributed by atoms with Crippen LogP contribution in [-0.2, 0) is 20.2 Å². The maximum Gasteiger partial charge on any atom is 0.241 e. The molecule has 1 aromatic carbocycles. The summed E-state index contributed by atoms with van der Waals surface area (Å²) in [5, 5.41) is 6.46. The molecule has 0 atom stereocenters. The number of carbonyl (C=O) groups excluding carboxylic acids is 1. The molecule has 0 aliphatic rings. The van der Waals surface area contributed by atoms with E-state index in [1.54, 1.807) is 6.07 Å². The summed E-state index contributed by atoms with van der Waals surface area (Å²) in [6, 6.07) is 1.67. The smallest absolute Gasteiger partial charge is 0.241 e. The van der Waals surface area contributed by atoms with Crippen molar-refractivity contribution in [2.24, 2.45) is 0 Å². The van der Waals surface area contributed by atoms with Gasteiger partial charge in [0, 0.05) is 24.4 Å². The molecule has 1 heterocycles. The van der Waals surface area contributed by atoms with E-state index in [0.717, 1.165) is 27.8 Å². The highest BCUT2D eigenvalue weighted by Crippen LogP contribution is 2.29. The van der Waals surface area contributed by atoms with E-state index in [-0.39, 0.29) is 24.3 Å². The van der Waals surface area contributed by atoms with Gasteiger partial charge in [-0.2, -0.15) is 0 Å². The number of nitrogens with zero attached hydrogens (tertiary/aromatic N) is 1. The van der Waals surface area contributed by atoms with Crippen LogP contribution in [0.25, 0.3) is 0 Å². The zero-order valence-electron chi connectivity index (χ0n) is 18.5. The van der Waals surface area contributed by atoms with E-state index >= 15 is 0 Å². The fourth-order valence-corrected chi connectivity index (χ4v) is 4.76. The van der Waals surface area contributed by atoms with Crippen LogP contribution in [0.15, 0.2) is 15.5 Å². The van der Waals surface area contributed by atoms with Crippen LogP contribution >= 0.6 is 0 Å². The second kappa shape index (κ2) is 8.28. The second-order valence-electron chi connectivity index (χ2n) is 8.48. The van der Waals surface area contributed by atoms with E-state index in [1.165, 1.54) is 0 Å². The molecule has 1 amide bonds. The number of amides is 1. The Bertz CT molecular complexity index is 1000. The first kappa shape index (κ1) is 23.1. The molecule has 0 fully saturated rings. The molecule has 0 bridgehead atoms. The lowest BCUT2D eigenvalue weighted by Crippen LogP contribution is -2.29. The van der Waals surface area contributed by atoms with E-state index in [2.05, 4.69) is 15.2 Å². The third-order valence-electron chi connectivity index (χ3n) is 5.36. The summed E-state index contributed by atoms with van der Waals surface area (Å²) in [5.41, 5.74) is 4.28. The molecule has 0 aliphatic heterocycles. The number of anilines is 1. The highest BCUT2D eigenvalue weighted by Gasteiger charge is 2.24. The lowest BCUT2D eigenvalue weighted by atomic mass is 9.93. The number of nitrogens with one attached hydrogen (secondary N) is 2. The zero-order valence-corrected chi connectivity index (χ0v) is 19.3. The highest BCUT2D eigenvalue weighted by atomic mass is 32.2. The molecule has 29 heavy (non-hydrogen) atoms. The molecule has 0 aliphatic carbocycles. The fourth-order valence-electron chi connectivity index (χ4n) is 3.13. The van der Waals surface area contributed by atoms with Gasteiger partial charge in [0.05, 0.1) is 4.90 Å². The van der Waals surface area contributed by atoms with Gasteiger partial charge in [0.25, 0.3) is 0 Å². The van der Waals surface area contributed by atoms with E-state index in [1.807, 2.05) is 55.4 Å². The molecule has 160 valence electrons. The van der Waals surface area contributed by atoms with E-state index in [9.17, 15) is 13.2 Å². The molecule has 8 heteroatoms. The van der Waals surface area contributed by atoms with E-state index in [0.29, 0.717) is 16.5 Å². The van der Waals surface area contributed by atoms with Gasteiger partial charge in [0.1, 0.15) is 5.76 Å². The molecular weight excluding hydrogens is 390 g/mol. The minimum atomic E-state index is -3.73. The van der Waals surface area contributed by atoms with Gasteiger partial charge in [-0.3, -0.25) is 4.79 Å². The zero-order chi connectivity index (χ0) is 22.1. The number of sulfonamides is 1. The summed E-state index contributed by atoms with van der Waals surface area (Å²) in [6.07, 6.45) is -0.0150. The predicted octanol–water partition coefficient (Wildman–Crippen LogP) is 3.82. The van der Waals surface area contributed by atoms with Gasteiger partial charge in [-0.15, -0.1) is 0 Å². The molecule has 2 N–H and O–H groups in total. The van der Waals surface area contributed by atoms with Crippen LogP contribution in [0.3, 0.4) is 0 Å². The molecule has 0 saturated heterocycles. The molecule has 2 aromatic rings. The lowest BCUT2D eigenvalue weighted by molar-refractivity contribution is -0.116. The summed E-state index contributed by atoms with van der Waals surface area (Å²) in [6.45, 7) is 15.4. The van der Waals surface area contributed by atoms with E-state index in [4.69, 9.17) is 4.52 Å². The Morgan fingerprint density at radius 2 is 1.52 bits per heavy atom. The first-order valence-corrected chi connectivity index (χ1v) is 11.1. The second-order valence-corrected chi connectivity index (χ2v) is 10.2. The van der Waals surface area contributed by atoms with Crippen molar-refractivity contribution >= 4 is 21.7 Å². The SMILES string of the molecule is Cc1c(C)c(C)c(S(=O)(=O)NCCC(=O)Nc2cc(C(C)(C)C)on2)c(C)c1C. The molecule has 0 spiro atoms. The minimum absolute atomic E-state index is 0.0109. The Morgan fingerprint density at radius 1 is 1.00 bits per heavy atom. The first-order valence-electron chi connectivity index (χ1n) is 9.59. The van der Waals surface area contributed by atoms with Gasteiger partial charge in [-0.1, -0.05) is 25.9 Å². The van der Waals surface area contributed by atoms with Gasteiger partial charge in [0.2, 0.25) is 15.9 Å². The molecule has 2 rings (SSSR count). The monoisotopic (exact) mass is 421 g/mol. The van der Waals surface area contributed by atoms with Crippen LogP contribution in [-0.4, -0.2) is 26.0 Å². The van der Waals surface area contributed by atoms with Crippen molar-refractivity contribution in [1.82, 2.24) is 9.88 Å². The van der Waals surface area contributed by atoms with Crippen LogP contribution in [0.5, 0.6) is 0 Å². The van der Waals surface area contributed by atoms with Gasteiger partial charge >= 0.3 is 0 Å². The molecule has 7 nitrogen and oxygen atoms in total. The number of aromatic nitrogens is 1. The largest absolute Gasteiger partial charge is 0.359 e. The molecule has 1 aromatic heterocycles. The maximum absolute atomic E-state index is 12.9. The summed E-state index contributed by atoms with van der Waals surface area (Å²) < 4.78 is 33.5. The van der Waals surface area contributed by atoms with E-state index < -0.39 is 10.0 Å². The molecule has 0 radical (unpaired) electrons. The minimum Gasteiger partial charge on any atom is -0.359 e. The van der Waals surface area contributed by atoms with Crippen LogP contribution in [0, 0.1) is 34.6 Å². The number of rotatable bonds is 6. The highest BCUT2D eigenvalue weighted by molar-refractivity contribution is 7.89. The summed E-state index contributed by atoms with van der Waals surface area (Å²) in [7, 11) is -3.73. The standard InChI is InChI=1S/C21H31N3O4S/c1-12-13(2)15(4)20(16(5)14(12)3)29(26,27)22-10-9-19(25)23-18-11-17(28-24-18)21(6,7)8/h11,22H,9-10H2,1-8H3,(H,23,24,25). The van der Waals surface area contributed by atoms with Crippen LogP contribution in [0.4, 0.5) is 5.82 Å². The summed E-state index contributed by atoms with van der Waals surface area (Å²) in [5.74, 6) is 0.634. The average molecular weight is 422 g/mol. The van der Waals surface area contributed by atoms with Crippen molar-refractivity contribution in [3.8, 4) is 0 Å². The first-order chi connectivity index (χ1) is 13.3. The van der Waals surface area contributed by atoms with Crippen LogP contribution in [0.1, 0.15) is 60.8 Å². The maximum atomic E-state index is 12.9. The third-order valence-corrected chi connectivity index (χ3v) is 7.09. The van der Waals surface area contributed by atoms with Crippen molar-refractivity contribution < 1.29 is 17.7 Å². The van der Waals surface area contributed by atoms with Crippen molar-refractivity contribution in [3.63, 3.8) is 0 Å². The summed E-state index contributed by atoms with van der Waals surface area (Å²) >= 11 is 0. The van der Waals surface area contributed by atoms with Gasteiger partial charge in [-0.05, 0) is 62.4 Å². The van der Waals surface area contributed by atoms with Gasteiger partial charge in [0.15, 0.2) is 5.82 Å². The Morgan fingerprint density at radius 3 is 2.00 bits per heavy atom. The Kier molecular flexibility index (Phi) is 6.59. The third kappa shape index (κ3) is 5.05. The van der Waals surface area contributed by atoms with Crippen molar-refractivity contribution in [3.05, 3.63) is 39.6 Å². The van der Waals surface area contributed by atoms with Crippen molar-refractivity contribution in [2.75, 3.05) is 11.9 Å². The topological polar surface area (TPSA) is 101 Å². The normalized spacial score (nSPS) is 12.3. The number of carbonyl (C=O) groups is 1. The Labute approximate surface area is 173 Å². The molecule has 0 unspecified atom stereocenters. The Hall–Kier alpha value is -2.19. The number of hydrogen-bond acceptors (Lipinski definition) is 5. The van der Waals surface area contributed by atoms with Crippen molar-refractivity contribution in [2.45, 2.75) is 72.1 Å². The Balaban J connectivity index is 2.05. The fraction of sp³-hybridized carbons (Fsp3) is 0.524. The van der Waals surface area contributed by atoms with Crippen LogP contribution < -0.4 is 10.0 Å². The molecular formula is C21H31N3O4S. The van der Waals surface area contributed by atoms with Crippen molar-refractivity contribution in [1.29, 1.82) is 0 Å². The number of hydrogen-bond donors (Lipinski definition) is 2. The van der Waals surface area contributed by atoms with Gasteiger partial charge < -0.3 is 9.84 Å². The molecule has 0 saturated carbocycles. The number of benzene rings is 1. The quantitative estimate of drug-likeness (QED) is 0.738. The summed E-state index contributed by atoms with van der Waals surface area (Å²) in [4.78, 5) is 12.4. The van der Waals surface area contributed by atoms with Crippen LogP contribution in [0.2, 0.25) is 0 Å². The lowest BCUT2D eigenvalue weighted by Gasteiger charge is -2.19. The average Bonchev–Trinajstić information content (AvgIpc) is 3.06.